The van der Waals surface area contributed by atoms with Crippen LogP contribution in [0.25, 0.3) is 0 Å². The van der Waals surface area contributed by atoms with Gasteiger partial charge < -0.3 is 15.3 Å². The number of hydrogen-bond acceptors (Lipinski definition) is 3. The van der Waals surface area contributed by atoms with Gasteiger partial charge in [0.25, 0.3) is 0 Å². The highest BCUT2D eigenvalue weighted by atomic mass is 16.3. The molecule has 2 N–H and O–H groups in total. The van der Waals surface area contributed by atoms with Gasteiger partial charge in [-0.2, -0.15) is 0 Å². The third-order valence-electron chi connectivity index (χ3n) is 3.04. The third kappa shape index (κ3) is 3.72. The van der Waals surface area contributed by atoms with Crippen molar-refractivity contribution in [1.82, 2.24) is 5.32 Å². The van der Waals surface area contributed by atoms with Gasteiger partial charge in [-0.1, -0.05) is 25.1 Å². The van der Waals surface area contributed by atoms with E-state index < -0.39 is 0 Å². The van der Waals surface area contributed by atoms with Crippen molar-refractivity contribution in [3.63, 3.8) is 0 Å². The number of nitrogens with one attached hydrogen (secondary N) is 1. The molecule has 1 unspecified atom stereocenters. The molecule has 3 nitrogen and oxygen atoms in total. The highest BCUT2D eigenvalue weighted by Crippen LogP contribution is 2.26. The van der Waals surface area contributed by atoms with Crippen molar-refractivity contribution < 1.29 is 5.11 Å². The normalized spacial score (nSPS) is 12.5. The van der Waals surface area contributed by atoms with Crippen molar-refractivity contribution in [2.24, 2.45) is 0 Å². The van der Waals surface area contributed by atoms with Crippen molar-refractivity contribution in [1.29, 1.82) is 0 Å². The van der Waals surface area contributed by atoms with Crippen LogP contribution in [0.3, 0.4) is 0 Å². The second-order valence-corrected chi connectivity index (χ2v) is 4.28. The Morgan fingerprint density at radius 2 is 2.00 bits per heavy atom. The summed E-state index contributed by atoms with van der Waals surface area (Å²) in [5, 5.41) is 12.4. The minimum Gasteiger partial charge on any atom is -0.395 e. The van der Waals surface area contributed by atoms with Gasteiger partial charge in [-0.25, -0.2) is 0 Å². The van der Waals surface area contributed by atoms with Crippen LogP contribution in [0.4, 0.5) is 5.69 Å². The van der Waals surface area contributed by atoms with Crippen LogP contribution in [0, 0.1) is 0 Å². The number of para-hydroxylation sites is 1. The van der Waals surface area contributed by atoms with Crippen LogP contribution < -0.4 is 10.2 Å². The molecular formula is C14H24N2O. The quantitative estimate of drug-likeness (QED) is 0.761. The number of aliphatic hydroxyl groups excluding tert-OH is 1. The molecule has 1 atom stereocenters. The standard InChI is InChI=1S/C14H24N2O/c1-4-9-16(10-11-17)14-8-6-5-7-13(14)12(2)15-3/h5-8,12,15,17H,4,9-11H2,1-3H3. The molecular weight excluding hydrogens is 212 g/mol. The van der Waals surface area contributed by atoms with Gasteiger partial charge in [0, 0.05) is 24.8 Å². The summed E-state index contributed by atoms with van der Waals surface area (Å²) in [4.78, 5) is 2.25. The average Bonchev–Trinajstić information content (AvgIpc) is 2.37. The molecule has 0 aliphatic heterocycles. The molecule has 96 valence electrons. The molecule has 0 saturated heterocycles. The van der Waals surface area contributed by atoms with Gasteiger partial charge in [0.1, 0.15) is 0 Å². The van der Waals surface area contributed by atoms with Crippen LogP contribution in [0.5, 0.6) is 0 Å². The molecule has 0 fully saturated rings. The molecule has 0 spiro atoms. The summed E-state index contributed by atoms with van der Waals surface area (Å²) in [6, 6.07) is 8.73. The Bertz CT molecular complexity index is 322. The Kier molecular flexibility index (Phi) is 6.01. The number of aliphatic hydroxyl groups is 1. The predicted molar refractivity (Wildman–Crippen MR) is 73.5 cm³/mol. The number of anilines is 1. The molecule has 0 aromatic heterocycles. The van der Waals surface area contributed by atoms with Crippen LogP contribution in [0.2, 0.25) is 0 Å². The minimum atomic E-state index is 0.197. The number of nitrogens with zero attached hydrogens (tertiary/aromatic N) is 1. The Labute approximate surface area is 104 Å². The lowest BCUT2D eigenvalue weighted by molar-refractivity contribution is 0.301. The smallest absolute Gasteiger partial charge is 0.0606 e. The van der Waals surface area contributed by atoms with Crippen molar-refractivity contribution in [3.8, 4) is 0 Å². The maximum Gasteiger partial charge on any atom is 0.0606 e. The average molecular weight is 236 g/mol. The number of benzene rings is 1. The van der Waals surface area contributed by atoms with E-state index in [0.717, 1.165) is 13.0 Å². The van der Waals surface area contributed by atoms with Crippen molar-refractivity contribution in [2.75, 3.05) is 31.6 Å². The maximum absolute atomic E-state index is 9.15. The Hall–Kier alpha value is -1.06. The van der Waals surface area contributed by atoms with Gasteiger partial charge in [0.2, 0.25) is 0 Å². The highest BCUT2D eigenvalue weighted by Gasteiger charge is 2.13. The predicted octanol–water partition coefficient (Wildman–Crippen LogP) is 2.18. The van der Waals surface area contributed by atoms with E-state index in [4.69, 9.17) is 5.11 Å². The second kappa shape index (κ2) is 7.30. The fourth-order valence-corrected chi connectivity index (χ4v) is 2.04. The summed E-state index contributed by atoms with van der Waals surface area (Å²) in [7, 11) is 1.97. The summed E-state index contributed by atoms with van der Waals surface area (Å²) in [5.41, 5.74) is 2.52. The SMILES string of the molecule is CCCN(CCO)c1ccccc1C(C)NC. The first kappa shape index (κ1) is 14.0. The lowest BCUT2D eigenvalue weighted by Crippen LogP contribution is -2.29. The Morgan fingerprint density at radius 3 is 2.59 bits per heavy atom. The Balaban J connectivity index is 2.99. The third-order valence-corrected chi connectivity index (χ3v) is 3.04. The van der Waals surface area contributed by atoms with Crippen molar-refractivity contribution in [3.05, 3.63) is 29.8 Å². The lowest BCUT2D eigenvalue weighted by Gasteiger charge is -2.28. The fraction of sp³-hybridized carbons (Fsp3) is 0.571. The van der Waals surface area contributed by atoms with E-state index in [0.29, 0.717) is 12.6 Å². The van der Waals surface area contributed by atoms with E-state index in [1.807, 2.05) is 7.05 Å². The van der Waals surface area contributed by atoms with Gasteiger partial charge in [0.15, 0.2) is 0 Å². The lowest BCUT2D eigenvalue weighted by atomic mass is 10.1. The molecule has 1 aromatic rings. The topological polar surface area (TPSA) is 35.5 Å². The van der Waals surface area contributed by atoms with Gasteiger partial charge in [-0.15, -0.1) is 0 Å². The summed E-state index contributed by atoms with van der Waals surface area (Å²) in [5.74, 6) is 0. The molecule has 1 rings (SSSR count). The van der Waals surface area contributed by atoms with E-state index in [1.165, 1.54) is 11.3 Å². The Morgan fingerprint density at radius 1 is 1.29 bits per heavy atom. The first-order valence-corrected chi connectivity index (χ1v) is 6.36. The molecule has 3 heteroatoms. The van der Waals surface area contributed by atoms with Gasteiger partial charge in [-0.05, 0) is 32.0 Å². The van der Waals surface area contributed by atoms with Crippen molar-refractivity contribution >= 4 is 5.69 Å². The van der Waals surface area contributed by atoms with Crippen LogP contribution in [-0.2, 0) is 0 Å². The summed E-state index contributed by atoms with van der Waals surface area (Å²) in [6.45, 7) is 6.19. The number of rotatable bonds is 7. The van der Waals surface area contributed by atoms with Crippen molar-refractivity contribution in [2.45, 2.75) is 26.3 Å². The van der Waals surface area contributed by atoms with E-state index in [1.54, 1.807) is 0 Å². The number of hydrogen-bond donors (Lipinski definition) is 2. The second-order valence-electron chi connectivity index (χ2n) is 4.28. The van der Waals surface area contributed by atoms with E-state index in [2.05, 4.69) is 48.3 Å². The molecule has 0 aliphatic rings. The summed E-state index contributed by atoms with van der Waals surface area (Å²) < 4.78 is 0. The van der Waals surface area contributed by atoms with Gasteiger partial charge in [-0.3, -0.25) is 0 Å². The van der Waals surface area contributed by atoms with Gasteiger partial charge in [0.05, 0.1) is 6.61 Å². The largest absolute Gasteiger partial charge is 0.395 e. The van der Waals surface area contributed by atoms with Gasteiger partial charge >= 0.3 is 0 Å². The van der Waals surface area contributed by atoms with E-state index >= 15 is 0 Å². The summed E-state index contributed by atoms with van der Waals surface area (Å²) in [6.07, 6.45) is 1.09. The molecule has 17 heavy (non-hydrogen) atoms. The zero-order valence-corrected chi connectivity index (χ0v) is 11.1. The van der Waals surface area contributed by atoms with Crippen LogP contribution in [-0.4, -0.2) is 31.9 Å². The highest BCUT2D eigenvalue weighted by molar-refractivity contribution is 5.55. The van der Waals surface area contributed by atoms with E-state index in [-0.39, 0.29) is 6.61 Å². The molecule has 0 aliphatic carbocycles. The minimum absolute atomic E-state index is 0.197. The molecule has 0 bridgehead atoms. The molecule has 0 radical (unpaired) electrons. The zero-order chi connectivity index (χ0) is 12.7. The summed E-state index contributed by atoms with van der Waals surface area (Å²) >= 11 is 0. The zero-order valence-electron chi connectivity index (χ0n) is 11.1. The monoisotopic (exact) mass is 236 g/mol. The maximum atomic E-state index is 9.15. The molecule has 0 saturated carbocycles. The molecule has 1 aromatic carbocycles. The van der Waals surface area contributed by atoms with Crippen LogP contribution in [0.1, 0.15) is 31.9 Å². The first-order chi connectivity index (χ1) is 8.24. The van der Waals surface area contributed by atoms with Crippen LogP contribution in [0.15, 0.2) is 24.3 Å². The van der Waals surface area contributed by atoms with Crippen LogP contribution >= 0.6 is 0 Å². The first-order valence-electron chi connectivity index (χ1n) is 6.36. The fourth-order valence-electron chi connectivity index (χ4n) is 2.04. The van der Waals surface area contributed by atoms with E-state index in [9.17, 15) is 0 Å². The molecule has 0 amide bonds. The molecule has 0 heterocycles.